The minimum atomic E-state index is -0.464. The number of hydrogen-bond donors (Lipinski definition) is 1. The number of nitrogens with one attached hydrogen (secondary N) is 1. The number of carbonyl (C=O) groups is 1. The lowest BCUT2D eigenvalue weighted by Crippen LogP contribution is -2.19. The van der Waals surface area contributed by atoms with Crippen LogP contribution in [0.5, 0.6) is 0 Å². The van der Waals surface area contributed by atoms with Gasteiger partial charge in [0.25, 0.3) is 11.6 Å². The van der Waals surface area contributed by atoms with Gasteiger partial charge < -0.3 is 5.32 Å². The molecule has 0 spiro atoms. The lowest BCUT2D eigenvalue weighted by molar-refractivity contribution is -0.384. The van der Waals surface area contributed by atoms with E-state index in [0.29, 0.717) is 15.6 Å². The number of benzene rings is 2. The summed E-state index contributed by atoms with van der Waals surface area (Å²) in [7, 11) is 0. The lowest BCUT2D eigenvalue weighted by Gasteiger charge is -1.97. The Morgan fingerprint density at radius 2 is 2.00 bits per heavy atom. The topological polar surface area (TPSA) is 84.6 Å². The molecule has 1 aliphatic rings. The number of rotatable bonds is 3. The molecule has 1 N–H and O–H groups in total. The Morgan fingerprint density at radius 1 is 1.21 bits per heavy atom. The van der Waals surface area contributed by atoms with E-state index < -0.39 is 4.92 Å². The van der Waals surface area contributed by atoms with Crippen LogP contribution in [0.3, 0.4) is 0 Å². The quantitative estimate of drug-likeness (QED) is 0.524. The Balaban J connectivity index is 1.84. The zero-order chi connectivity index (χ0) is 17.1. The van der Waals surface area contributed by atoms with Gasteiger partial charge in [0.1, 0.15) is 0 Å². The molecule has 1 amide bonds. The van der Waals surface area contributed by atoms with E-state index in [4.69, 9.17) is 0 Å². The van der Waals surface area contributed by atoms with Crippen molar-refractivity contribution in [2.75, 3.05) is 0 Å². The standard InChI is InChI=1S/C17H13N3O3S/c1-11-4-2-6-13(8-11)18-17-19-16(21)15(24-17)10-12-5-3-7-14(9-12)20(22)23/h2-10H,1H3,(H,18,19,21)/b15-10+. The third kappa shape index (κ3) is 3.69. The Bertz CT molecular complexity index is 890. The summed E-state index contributed by atoms with van der Waals surface area (Å²) in [6.45, 7) is 1.97. The molecule has 0 aromatic heterocycles. The highest BCUT2D eigenvalue weighted by Gasteiger charge is 2.24. The van der Waals surface area contributed by atoms with Gasteiger partial charge in [0.05, 0.1) is 15.5 Å². The minimum Gasteiger partial charge on any atom is -0.300 e. The summed E-state index contributed by atoms with van der Waals surface area (Å²) in [4.78, 5) is 27.3. The van der Waals surface area contributed by atoms with Crippen molar-refractivity contribution in [1.29, 1.82) is 0 Å². The fourth-order valence-corrected chi connectivity index (χ4v) is 3.02. The molecule has 1 heterocycles. The second-order valence-electron chi connectivity index (χ2n) is 5.17. The number of aryl methyl sites for hydroxylation is 1. The number of non-ortho nitro benzene ring substituents is 1. The van der Waals surface area contributed by atoms with E-state index in [1.54, 1.807) is 18.2 Å². The van der Waals surface area contributed by atoms with Crippen molar-refractivity contribution in [3.05, 3.63) is 74.7 Å². The van der Waals surface area contributed by atoms with Crippen LogP contribution in [0, 0.1) is 17.0 Å². The van der Waals surface area contributed by atoms with Gasteiger partial charge in [0.2, 0.25) is 0 Å². The molecule has 1 fully saturated rings. The van der Waals surface area contributed by atoms with Gasteiger partial charge in [-0.25, -0.2) is 4.99 Å². The summed E-state index contributed by atoms with van der Waals surface area (Å²) < 4.78 is 0. The molecule has 120 valence electrons. The Morgan fingerprint density at radius 3 is 2.75 bits per heavy atom. The van der Waals surface area contributed by atoms with Crippen molar-refractivity contribution in [1.82, 2.24) is 5.32 Å². The van der Waals surface area contributed by atoms with E-state index in [2.05, 4.69) is 10.3 Å². The number of nitro groups is 1. The summed E-state index contributed by atoms with van der Waals surface area (Å²) in [6.07, 6.45) is 1.62. The van der Waals surface area contributed by atoms with Crippen LogP contribution < -0.4 is 5.32 Å². The van der Waals surface area contributed by atoms with Gasteiger partial charge in [-0.1, -0.05) is 24.3 Å². The van der Waals surface area contributed by atoms with Crippen LogP contribution in [0.4, 0.5) is 11.4 Å². The van der Waals surface area contributed by atoms with Crippen LogP contribution in [0.25, 0.3) is 6.08 Å². The number of carbonyl (C=O) groups excluding carboxylic acids is 1. The average molecular weight is 339 g/mol. The third-order valence-electron chi connectivity index (χ3n) is 3.26. The van der Waals surface area contributed by atoms with E-state index in [1.165, 1.54) is 23.9 Å². The van der Waals surface area contributed by atoms with Gasteiger partial charge >= 0.3 is 0 Å². The highest BCUT2D eigenvalue weighted by atomic mass is 32.2. The maximum atomic E-state index is 12.1. The Hall–Kier alpha value is -2.93. The van der Waals surface area contributed by atoms with E-state index in [1.807, 2.05) is 31.2 Å². The number of hydrogen-bond acceptors (Lipinski definition) is 5. The van der Waals surface area contributed by atoms with E-state index in [9.17, 15) is 14.9 Å². The van der Waals surface area contributed by atoms with Crippen LogP contribution in [0.15, 0.2) is 58.4 Å². The number of aliphatic imine (C=N–C) groups is 1. The number of amidine groups is 1. The molecular formula is C17H13N3O3S. The lowest BCUT2D eigenvalue weighted by atomic mass is 10.2. The van der Waals surface area contributed by atoms with Crippen molar-refractivity contribution >= 4 is 40.3 Å². The highest BCUT2D eigenvalue weighted by molar-refractivity contribution is 8.18. The molecule has 2 aromatic rings. The zero-order valence-electron chi connectivity index (χ0n) is 12.7. The Labute approximate surface area is 142 Å². The largest absolute Gasteiger partial charge is 0.300 e. The molecule has 24 heavy (non-hydrogen) atoms. The van der Waals surface area contributed by atoms with Gasteiger partial charge in [0.15, 0.2) is 5.17 Å². The number of thioether (sulfide) groups is 1. The van der Waals surface area contributed by atoms with Gasteiger partial charge in [-0.05, 0) is 48.0 Å². The van der Waals surface area contributed by atoms with E-state index in [0.717, 1.165) is 11.3 Å². The van der Waals surface area contributed by atoms with Crippen LogP contribution in [-0.2, 0) is 4.79 Å². The first-order valence-corrected chi connectivity index (χ1v) is 7.93. The molecule has 0 bridgehead atoms. The summed E-state index contributed by atoms with van der Waals surface area (Å²) in [5, 5.41) is 14.0. The summed E-state index contributed by atoms with van der Waals surface area (Å²) >= 11 is 1.21. The van der Waals surface area contributed by atoms with E-state index >= 15 is 0 Å². The van der Waals surface area contributed by atoms with Crippen molar-refractivity contribution < 1.29 is 9.72 Å². The highest BCUT2D eigenvalue weighted by Crippen LogP contribution is 2.28. The fraction of sp³-hybridized carbons (Fsp3) is 0.0588. The number of amides is 1. The summed E-state index contributed by atoms with van der Waals surface area (Å²) in [5.41, 5.74) is 2.42. The first-order valence-electron chi connectivity index (χ1n) is 7.12. The molecular weight excluding hydrogens is 326 g/mol. The van der Waals surface area contributed by atoms with Crippen molar-refractivity contribution in [2.24, 2.45) is 4.99 Å². The number of nitro benzene ring substituents is 1. The normalized spacial score (nSPS) is 17.3. The fourth-order valence-electron chi connectivity index (χ4n) is 2.17. The van der Waals surface area contributed by atoms with Gasteiger partial charge in [-0.15, -0.1) is 0 Å². The van der Waals surface area contributed by atoms with Gasteiger partial charge in [-0.2, -0.15) is 0 Å². The third-order valence-corrected chi connectivity index (χ3v) is 4.17. The second kappa shape index (κ2) is 6.67. The molecule has 0 radical (unpaired) electrons. The maximum Gasteiger partial charge on any atom is 0.270 e. The van der Waals surface area contributed by atoms with Gasteiger partial charge in [0, 0.05) is 12.1 Å². The second-order valence-corrected chi connectivity index (χ2v) is 6.20. The minimum absolute atomic E-state index is 0.0126. The predicted octanol–water partition coefficient (Wildman–Crippen LogP) is 3.79. The molecule has 7 heteroatoms. The maximum absolute atomic E-state index is 12.1. The van der Waals surface area contributed by atoms with Crippen molar-refractivity contribution in [2.45, 2.75) is 6.92 Å². The molecule has 2 aromatic carbocycles. The van der Waals surface area contributed by atoms with Crippen molar-refractivity contribution in [3.8, 4) is 0 Å². The molecule has 6 nitrogen and oxygen atoms in total. The molecule has 0 saturated carbocycles. The van der Waals surface area contributed by atoms with Gasteiger partial charge in [-0.3, -0.25) is 14.9 Å². The number of nitrogens with zero attached hydrogens (tertiary/aromatic N) is 2. The molecule has 0 unspecified atom stereocenters. The molecule has 1 aliphatic heterocycles. The molecule has 1 saturated heterocycles. The van der Waals surface area contributed by atoms with Crippen LogP contribution in [-0.4, -0.2) is 16.0 Å². The first-order chi connectivity index (χ1) is 11.5. The Kier molecular flexibility index (Phi) is 4.43. The smallest absolute Gasteiger partial charge is 0.270 e. The first kappa shape index (κ1) is 15.9. The summed E-state index contributed by atoms with van der Waals surface area (Å²) in [5.74, 6) is -0.266. The van der Waals surface area contributed by atoms with E-state index in [-0.39, 0.29) is 11.6 Å². The predicted molar refractivity (Wildman–Crippen MR) is 95.1 cm³/mol. The monoisotopic (exact) mass is 339 g/mol. The van der Waals surface area contributed by atoms with Crippen LogP contribution in [0.1, 0.15) is 11.1 Å². The SMILES string of the molecule is Cc1cccc(N=C2NC(=O)/C(=C\c3cccc([N+](=O)[O-])c3)S2)c1. The molecule has 0 atom stereocenters. The van der Waals surface area contributed by atoms with Crippen LogP contribution >= 0.6 is 11.8 Å². The summed E-state index contributed by atoms with van der Waals surface area (Å²) in [6, 6.07) is 13.8. The average Bonchev–Trinajstić information content (AvgIpc) is 2.87. The zero-order valence-corrected chi connectivity index (χ0v) is 13.5. The molecule has 3 rings (SSSR count). The molecule has 0 aliphatic carbocycles. The van der Waals surface area contributed by atoms with Crippen molar-refractivity contribution in [3.63, 3.8) is 0 Å². The van der Waals surface area contributed by atoms with Crippen LogP contribution in [0.2, 0.25) is 0 Å².